The van der Waals surface area contributed by atoms with Crippen molar-refractivity contribution < 1.29 is 9.53 Å². The summed E-state index contributed by atoms with van der Waals surface area (Å²) >= 11 is 0. The first-order valence-corrected chi connectivity index (χ1v) is 6.61. The average Bonchev–Trinajstić information content (AvgIpc) is 2.60. The molecule has 2 rings (SSSR count). The highest BCUT2D eigenvalue weighted by Gasteiger charge is 2.43. The van der Waals surface area contributed by atoms with Crippen LogP contribution < -0.4 is 0 Å². The summed E-state index contributed by atoms with van der Waals surface area (Å²) < 4.78 is 5.50. The van der Waals surface area contributed by atoms with Crippen molar-refractivity contribution in [2.75, 3.05) is 6.54 Å². The van der Waals surface area contributed by atoms with Gasteiger partial charge in [-0.15, -0.1) is 0 Å². The lowest BCUT2D eigenvalue weighted by molar-refractivity contribution is 0.0129. The molecule has 3 heteroatoms. The van der Waals surface area contributed by atoms with E-state index < -0.39 is 5.60 Å². The molecule has 0 N–H and O–H groups in total. The highest BCUT2D eigenvalue weighted by molar-refractivity contribution is 5.70. The van der Waals surface area contributed by atoms with Crippen molar-refractivity contribution in [1.82, 2.24) is 4.90 Å². The first-order valence-electron chi connectivity index (χ1n) is 6.61. The van der Waals surface area contributed by atoms with Gasteiger partial charge in [0.05, 0.1) is 5.54 Å². The van der Waals surface area contributed by atoms with Gasteiger partial charge in [0.15, 0.2) is 0 Å². The Bertz CT molecular complexity index is 330. The van der Waals surface area contributed by atoms with Gasteiger partial charge in [-0.2, -0.15) is 0 Å². The van der Waals surface area contributed by atoms with Crippen molar-refractivity contribution in [1.29, 1.82) is 0 Å². The lowest BCUT2D eigenvalue weighted by Crippen LogP contribution is -2.48. The number of nitrogens with zero attached hydrogens (tertiary/aromatic N) is 1. The van der Waals surface area contributed by atoms with Gasteiger partial charge in [-0.1, -0.05) is 12.2 Å². The molecule has 1 aliphatic carbocycles. The highest BCUT2D eigenvalue weighted by Crippen LogP contribution is 2.38. The van der Waals surface area contributed by atoms with Crippen LogP contribution in [0.3, 0.4) is 0 Å². The standard InChI is InChI=1S/C14H23NO2/c1-13(2,3)17-12(16)15-11-7-10-14(15)8-5-4-6-9-14/h5,8H,4,6-7,9-11H2,1-3H3. The van der Waals surface area contributed by atoms with Gasteiger partial charge in [0, 0.05) is 6.54 Å². The van der Waals surface area contributed by atoms with E-state index in [-0.39, 0.29) is 11.6 Å². The maximum atomic E-state index is 12.2. The molecule has 1 amide bonds. The summed E-state index contributed by atoms with van der Waals surface area (Å²) in [4.78, 5) is 14.1. The van der Waals surface area contributed by atoms with E-state index in [4.69, 9.17) is 4.74 Å². The van der Waals surface area contributed by atoms with E-state index in [1.165, 1.54) is 6.42 Å². The maximum absolute atomic E-state index is 12.2. The largest absolute Gasteiger partial charge is 0.444 e. The Morgan fingerprint density at radius 2 is 2.00 bits per heavy atom. The van der Waals surface area contributed by atoms with Crippen LogP contribution in [0.4, 0.5) is 4.79 Å². The Kier molecular flexibility index (Phi) is 3.19. The molecule has 3 nitrogen and oxygen atoms in total. The van der Waals surface area contributed by atoms with Crippen LogP contribution >= 0.6 is 0 Å². The monoisotopic (exact) mass is 237 g/mol. The maximum Gasteiger partial charge on any atom is 0.410 e. The van der Waals surface area contributed by atoms with Gasteiger partial charge >= 0.3 is 6.09 Å². The van der Waals surface area contributed by atoms with E-state index in [2.05, 4.69) is 12.2 Å². The van der Waals surface area contributed by atoms with E-state index in [1.807, 2.05) is 25.7 Å². The second-order valence-electron chi connectivity index (χ2n) is 6.13. The molecule has 0 aromatic heterocycles. The second-order valence-corrected chi connectivity index (χ2v) is 6.13. The summed E-state index contributed by atoms with van der Waals surface area (Å²) in [6.45, 7) is 6.60. The van der Waals surface area contributed by atoms with Crippen LogP contribution in [0.15, 0.2) is 12.2 Å². The van der Waals surface area contributed by atoms with Gasteiger partial charge in [0.1, 0.15) is 5.60 Å². The number of ether oxygens (including phenoxy) is 1. The van der Waals surface area contributed by atoms with Crippen LogP contribution in [0.2, 0.25) is 0 Å². The molecule has 1 atom stereocenters. The molecule has 0 radical (unpaired) electrons. The Labute approximate surface area is 104 Å². The summed E-state index contributed by atoms with van der Waals surface area (Å²) in [7, 11) is 0. The Morgan fingerprint density at radius 1 is 1.29 bits per heavy atom. The first-order chi connectivity index (χ1) is 7.93. The minimum absolute atomic E-state index is 0.0411. The fraction of sp³-hybridized carbons (Fsp3) is 0.786. The molecule has 0 saturated carbocycles. The quantitative estimate of drug-likeness (QED) is 0.603. The molecular weight excluding hydrogens is 214 g/mol. The molecule has 1 fully saturated rings. The third-order valence-corrected chi connectivity index (χ3v) is 3.55. The van der Waals surface area contributed by atoms with E-state index in [0.29, 0.717) is 0 Å². The minimum Gasteiger partial charge on any atom is -0.444 e. The average molecular weight is 237 g/mol. The fourth-order valence-corrected chi connectivity index (χ4v) is 2.84. The van der Waals surface area contributed by atoms with Crippen LogP contribution in [0.5, 0.6) is 0 Å². The highest BCUT2D eigenvalue weighted by atomic mass is 16.6. The third kappa shape index (κ3) is 2.64. The van der Waals surface area contributed by atoms with Crippen molar-refractivity contribution in [2.24, 2.45) is 0 Å². The molecule has 1 spiro atoms. The molecule has 0 aromatic carbocycles. The summed E-state index contributed by atoms with van der Waals surface area (Å²) in [6.07, 6.45) is 9.87. The fourth-order valence-electron chi connectivity index (χ4n) is 2.84. The van der Waals surface area contributed by atoms with Gasteiger partial charge in [-0.25, -0.2) is 4.79 Å². The van der Waals surface area contributed by atoms with E-state index in [0.717, 1.165) is 32.2 Å². The van der Waals surface area contributed by atoms with E-state index in [1.54, 1.807) is 0 Å². The Balaban J connectivity index is 2.12. The SMILES string of the molecule is CC(C)(C)OC(=O)N1CCCC12C=CCCC2. The van der Waals surface area contributed by atoms with Crippen molar-refractivity contribution in [2.45, 2.75) is 64.0 Å². The van der Waals surface area contributed by atoms with Crippen molar-refractivity contribution >= 4 is 6.09 Å². The van der Waals surface area contributed by atoms with E-state index in [9.17, 15) is 4.79 Å². The molecule has 1 aliphatic heterocycles. The number of allylic oxidation sites excluding steroid dienone is 1. The zero-order chi connectivity index (χ0) is 12.5. The molecule has 0 bridgehead atoms. The number of amides is 1. The first kappa shape index (κ1) is 12.5. The summed E-state index contributed by atoms with van der Waals surface area (Å²) in [6, 6.07) is 0. The zero-order valence-corrected chi connectivity index (χ0v) is 11.2. The van der Waals surface area contributed by atoms with Crippen LogP contribution in [0.25, 0.3) is 0 Å². The number of likely N-dealkylation sites (tertiary alicyclic amines) is 1. The number of carbonyl (C=O) groups excluding carboxylic acids is 1. The summed E-state index contributed by atoms with van der Waals surface area (Å²) in [5.41, 5.74) is -0.445. The van der Waals surface area contributed by atoms with Crippen LogP contribution in [0, 0.1) is 0 Å². The molecule has 1 heterocycles. The number of carbonyl (C=O) groups is 1. The van der Waals surface area contributed by atoms with Crippen LogP contribution in [-0.2, 0) is 4.74 Å². The smallest absolute Gasteiger partial charge is 0.410 e. The predicted molar refractivity (Wildman–Crippen MR) is 67.9 cm³/mol. The number of rotatable bonds is 0. The lowest BCUT2D eigenvalue weighted by atomic mass is 9.85. The lowest BCUT2D eigenvalue weighted by Gasteiger charge is -2.38. The summed E-state index contributed by atoms with van der Waals surface area (Å²) in [5, 5.41) is 0. The molecule has 1 unspecified atom stereocenters. The van der Waals surface area contributed by atoms with Gasteiger partial charge in [0.25, 0.3) is 0 Å². The molecule has 2 aliphatic rings. The van der Waals surface area contributed by atoms with Gasteiger partial charge in [0.2, 0.25) is 0 Å². The zero-order valence-electron chi connectivity index (χ0n) is 11.2. The normalized spacial score (nSPS) is 28.8. The van der Waals surface area contributed by atoms with Crippen molar-refractivity contribution in [3.05, 3.63) is 12.2 Å². The van der Waals surface area contributed by atoms with Gasteiger partial charge in [-0.05, 0) is 52.9 Å². The third-order valence-electron chi connectivity index (χ3n) is 3.55. The molecule has 96 valence electrons. The van der Waals surface area contributed by atoms with Crippen molar-refractivity contribution in [3.63, 3.8) is 0 Å². The topological polar surface area (TPSA) is 29.5 Å². The second kappa shape index (κ2) is 4.35. The molecule has 1 saturated heterocycles. The van der Waals surface area contributed by atoms with Gasteiger partial charge < -0.3 is 4.74 Å². The number of hydrogen-bond acceptors (Lipinski definition) is 2. The van der Waals surface area contributed by atoms with Crippen LogP contribution in [-0.4, -0.2) is 28.7 Å². The summed E-state index contributed by atoms with van der Waals surface area (Å²) in [5.74, 6) is 0. The predicted octanol–water partition coefficient (Wildman–Crippen LogP) is 3.50. The molecule has 0 aromatic rings. The van der Waals surface area contributed by atoms with Gasteiger partial charge in [-0.3, -0.25) is 4.90 Å². The van der Waals surface area contributed by atoms with Crippen LogP contribution in [0.1, 0.15) is 52.9 Å². The minimum atomic E-state index is -0.404. The molecule has 17 heavy (non-hydrogen) atoms. The number of hydrogen-bond donors (Lipinski definition) is 0. The van der Waals surface area contributed by atoms with E-state index >= 15 is 0 Å². The Morgan fingerprint density at radius 3 is 2.59 bits per heavy atom. The Hall–Kier alpha value is -0.990. The van der Waals surface area contributed by atoms with Crippen molar-refractivity contribution in [3.8, 4) is 0 Å². The molecular formula is C14H23NO2.